The van der Waals surface area contributed by atoms with Crippen LogP contribution in [-0.4, -0.2) is 45.9 Å². The van der Waals surface area contributed by atoms with Gasteiger partial charge in [0.1, 0.15) is 0 Å². The number of morpholine rings is 1. The largest absolute Gasteiger partial charge is 0.378 e. The summed E-state index contributed by atoms with van der Waals surface area (Å²) in [4.78, 5) is 12.0. The molecule has 1 amide bonds. The number of hydrogen-bond donors (Lipinski definition) is 3. The van der Waals surface area contributed by atoms with Gasteiger partial charge in [0, 0.05) is 24.7 Å². The van der Waals surface area contributed by atoms with Crippen molar-refractivity contribution in [3.05, 3.63) is 24.3 Å². The van der Waals surface area contributed by atoms with Crippen LogP contribution in [0, 0.1) is 0 Å². The molecule has 3 N–H and O–H groups in total. The van der Waals surface area contributed by atoms with Crippen molar-refractivity contribution in [1.29, 1.82) is 0 Å². The van der Waals surface area contributed by atoms with Gasteiger partial charge in [-0.3, -0.25) is 9.52 Å². The highest BCUT2D eigenvalue weighted by Crippen LogP contribution is 2.17. The maximum absolute atomic E-state index is 12.0. The SMILES string of the molecule is CCCS(=O)(=O)Nc1cccc(NC(=O)CC2COCCN2)c1. The predicted octanol–water partition coefficient (Wildman–Crippen LogP) is 1.16. The molecule has 23 heavy (non-hydrogen) atoms. The summed E-state index contributed by atoms with van der Waals surface area (Å²) < 4.78 is 31.4. The Morgan fingerprint density at radius 2 is 2.17 bits per heavy atom. The summed E-state index contributed by atoms with van der Waals surface area (Å²) in [6.07, 6.45) is 0.855. The van der Waals surface area contributed by atoms with Crippen LogP contribution in [0.4, 0.5) is 11.4 Å². The zero-order valence-electron chi connectivity index (χ0n) is 13.2. The predicted molar refractivity (Wildman–Crippen MR) is 90.0 cm³/mol. The molecule has 1 fully saturated rings. The van der Waals surface area contributed by atoms with E-state index in [1.54, 1.807) is 31.2 Å². The summed E-state index contributed by atoms with van der Waals surface area (Å²) in [5.41, 5.74) is 0.999. The van der Waals surface area contributed by atoms with Crippen molar-refractivity contribution < 1.29 is 17.9 Å². The van der Waals surface area contributed by atoms with Crippen molar-refractivity contribution in [3.63, 3.8) is 0 Å². The molecule has 0 aliphatic carbocycles. The third-order valence-corrected chi connectivity index (χ3v) is 4.82. The fourth-order valence-electron chi connectivity index (χ4n) is 2.35. The monoisotopic (exact) mass is 341 g/mol. The molecule has 1 aliphatic rings. The molecule has 1 atom stereocenters. The molecule has 8 heteroatoms. The first-order valence-corrected chi connectivity index (χ1v) is 9.35. The average molecular weight is 341 g/mol. The molecule has 1 aromatic rings. The van der Waals surface area contributed by atoms with Gasteiger partial charge < -0.3 is 15.4 Å². The van der Waals surface area contributed by atoms with Crippen molar-refractivity contribution in [1.82, 2.24) is 5.32 Å². The van der Waals surface area contributed by atoms with Gasteiger partial charge in [-0.25, -0.2) is 8.42 Å². The molecule has 0 saturated carbocycles. The fraction of sp³-hybridized carbons (Fsp3) is 0.533. The Labute approximate surface area is 136 Å². The number of carbonyl (C=O) groups excluding carboxylic acids is 1. The second kappa shape index (κ2) is 8.28. The van der Waals surface area contributed by atoms with E-state index >= 15 is 0 Å². The van der Waals surface area contributed by atoms with Crippen molar-refractivity contribution in [2.45, 2.75) is 25.8 Å². The van der Waals surface area contributed by atoms with E-state index < -0.39 is 10.0 Å². The molecule has 128 valence electrons. The first-order chi connectivity index (χ1) is 11.0. The van der Waals surface area contributed by atoms with Crippen LogP contribution in [0.2, 0.25) is 0 Å². The molecule has 2 rings (SSSR count). The van der Waals surface area contributed by atoms with Gasteiger partial charge in [0.05, 0.1) is 24.7 Å². The van der Waals surface area contributed by atoms with Crippen LogP contribution in [0.3, 0.4) is 0 Å². The minimum Gasteiger partial charge on any atom is -0.378 e. The Bertz CT molecular complexity index is 627. The van der Waals surface area contributed by atoms with E-state index in [0.717, 1.165) is 6.54 Å². The lowest BCUT2D eigenvalue weighted by Gasteiger charge is -2.23. The Morgan fingerprint density at radius 1 is 1.39 bits per heavy atom. The summed E-state index contributed by atoms with van der Waals surface area (Å²) in [6.45, 7) is 3.73. The van der Waals surface area contributed by atoms with Gasteiger partial charge in [-0.2, -0.15) is 0 Å². The normalized spacial score (nSPS) is 18.4. The molecule has 1 heterocycles. The Morgan fingerprint density at radius 3 is 2.87 bits per heavy atom. The number of amides is 1. The summed E-state index contributed by atoms with van der Waals surface area (Å²) >= 11 is 0. The van der Waals surface area contributed by atoms with Gasteiger partial charge in [0.2, 0.25) is 15.9 Å². The molecule has 1 aromatic carbocycles. The van der Waals surface area contributed by atoms with Crippen molar-refractivity contribution in [3.8, 4) is 0 Å². The van der Waals surface area contributed by atoms with E-state index in [1.807, 2.05) is 0 Å². The molecule has 1 aliphatic heterocycles. The molecule has 0 spiro atoms. The van der Waals surface area contributed by atoms with Crippen molar-refractivity contribution >= 4 is 27.3 Å². The van der Waals surface area contributed by atoms with Crippen LogP contribution < -0.4 is 15.4 Å². The van der Waals surface area contributed by atoms with E-state index in [9.17, 15) is 13.2 Å². The van der Waals surface area contributed by atoms with Gasteiger partial charge in [-0.1, -0.05) is 13.0 Å². The molecule has 0 radical (unpaired) electrons. The van der Waals surface area contributed by atoms with E-state index in [1.165, 1.54) is 0 Å². The van der Waals surface area contributed by atoms with Crippen molar-refractivity contribution in [2.75, 3.05) is 35.6 Å². The number of nitrogens with one attached hydrogen (secondary N) is 3. The Kier molecular flexibility index (Phi) is 6.37. The minimum absolute atomic E-state index is 0.00925. The van der Waals surface area contributed by atoms with Crippen LogP contribution in [0.1, 0.15) is 19.8 Å². The first kappa shape index (κ1) is 17.7. The molecular weight excluding hydrogens is 318 g/mol. The summed E-state index contributed by atoms with van der Waals surface area (Å²) in [7, 11) is -3.34. The molecule has 7 nitrogen and oxygen atoms in total. The Hall–Kier alpha value is -1.64. The topological polar surface area (TPSA) is 96.5 Å². The Balaban J connectivity index is 1.92. The van der Waals surface area contributed by atoms with E-state index in [0.29, 0.717) is 37.4 Å². The number of hydrogen-bond acceptors (Lipinski definition) is 5. The standard InChI is InChI=1S/C15H23N3O4S/c1-2-8-23(20,21)18-13-5-3-4-12(9-13)17-15(19)10-14-11-22-7-6-16-14/h3-5,9,14,16,18H,2,6-8,10-11H2,1H3,(H,17,19). The maximum Gasteiger partial charge on any atom is 0.232 e. The smallest absolute Gasteiger partial charge is 0.232 e. The number of ether oxygens (including phenoxy) is 1. The number of rotatable bonds is 7. The lowest BCUT2D eigenvalue weighted by molar-refractivity contribution is -0.117. The quantitative estimate of drug-likeness (QED) is 0.691. The highest BCUT2D eigenvalue weighted by Gasteiger charge is 2.17. The third kappa shape index (κ3) is 6.17. The van der Waals surface area contributed by atoms with Crippen molar-refractivity contribution in [2.24, 2.45) is 0 Å². The summed E-state index contributed by atoms with van der Waals surface area (Å²) in [6, 6.07) is 6.69. The van der Waals surface area contributed by atoms with E-state index in [2.05, 4.69) is 15.4 Å². The number of sulfonamides is 1. The third-order valence-electron chi connectivity index (χ3n) is 3.32. The summed E-state index contributed by atoms with van der Waals surface area (Å²) in [5.74, 6) is -0.0710. The molecule has 0 bridgehead atoms. The van der Waals surface area contributed by atoms with Crippen LogP contribution in [-0.2, 0) is 19.6 Å². The highest BCUT2D eigenvalue weighted by molar-refractivity contribution is 7.92. The number of carbonyl (C=O) groups is 1. The van der Waals surface area contributed by atoms with Crippen LogP contribution >= 0.6 is 0 Å². The zero-order chi connectivity index (χ0) is 16.7. The minimum atomic E-state index is -3.34. The van der Waals surface area contributed by atoms with Gasteiger partial charge in [0.15, 0.2) is 0 Å². The second-order valence-corrected chi connectivity index (χ2v) is 7.32. The van der Waals surface area contributed by atoms with Gasteiger partial charge in [0.25, 0.3) is 0 Å². The lowest BCUT2D eigenvalue weighted by atomic mass is 10.2. The van der Waals surface area contributed by atoms with Crippen LogP contribution in [0.15, 0.2) is 24.3 Å². The maximum atomic E-state index is 12.0. The fourth-order valence-corrected chi connectivity index (χ4v) is 3.47. The molecular formula is C15H23N3O4S. The van der Waals surface area contributed by atoms with E-state index in [4.69, 9.17) is 4.74 Å². The highest BCUT2D eigenvalue weighted by atomic mass is 32.2. The average Bonchev–Trinajstić information content (AvgIpc) is 2.47. The summed E-state index contributed by atoms with van der Waals surface area (Å²) in [5, 5.41) is 5.99. The second-order valence-electron chi connectivity index (χ2n) is 5.48. The van der Waals surface area contributed by atoms with Crippen LogP contribution in [0.25, 0.3) is 0 Å². The van der Waals surface area contributed by atoms with Gasteiger partial charge in [-0.15, -0.1) is 0 Å². The van der Waals surface area contributed by atoms with E-state index in [-0.39, 0.29) is 17.7 Å². The van der Waals surface area contributed by atoms with Gasteiger partial charge >= 0.3 is 0 Å². The molecule has 0 aromatic heterocycles. The number of benzene rings is 1. The zero-order valence-corrected chi connectivity index (χ0v) is 14.0. The molecule has 1 saturated heterocycles. The van der Waals surface area contributed by atoms with Crippen LogP contribution in [0.5, 0.6) is 0 Å². The lowest BCUT2D eigenvalue weighted by Crippen LogP contribution is -2.43. The molecule has 1 unspecified atom stereocenters. The first-order valence-electron chi connectivity index (χ1n) is 7.70. The van der Waals surface area contributed by atoms with Gasteiger partial charge in [-0.05, 0) is 24.6 Å². The number of anilines is 2.